The van der Waals surface area contributed by atoms with Crippen LogP contribution in [0.2, 0.25) is 5.02 Å². The van der Waals surface area contributed by atoms with Crippen molar-refractivity contribution < 1.29 is 9.59 Å². The molecule has 5 nitrogen and oxygen atoms in total. The number of piperazine rings is 1. The van der Waals surface area contributed by atoms with Gasteiger partial charge in [0.15, 0.2) is 0 Å². The minimum absolute atomic E-state index is 0.0954. The highest BCUT2D eigenvalue weighted by Gasteiger charge is 2.27. The second-order valence-corrected chi connectivity index (χ2v) is 8.58. The fourth-order valence-electron chi connectivity index (χ4n) is 3.68. The molecule has 2 aromatic rings. The fraction of sp³-hybridized carbons (Fsp3) is 0.400. The Hall–Kier alpha value is -2.05. The number of carbonyl (C=O) groups excluding carboxylic acids is 2. The number of hydrogen-bond donors (Lipinski definition) is 0. The van der Waals surface area contributed by atoms with E-state index in [2.05, 4.69) is 4.90 Å². The van der Waals surface area contributed by atoms with Crippen molar-refractivity contribution in [3.63, 3.8) is 0 Å². The van der Waals surface area contributed by atoms with Gasteiger partial charge in [0, 0.05) is 61.8 Å². The van der Waals surface area contributed by atoms with E-state index < -0.39 is 0 Å². The maximum absolute atomic E-state index is 12.9. The molecule has 4 rings (SSSR count). The molecule has 0 bridgehead atoms. The van der Waals surface area contributed by atoms with Crippen LogP contribution in [0.15, 0.2) is 30.3 Å². The molecule has 1 aromatic carbocycles. The van der Waals surface area contributed by atoms with Crippen molar-refractivity contribution in [1.82, 2.24) is 9.80 Å². The maximum atomic E-state index is 12.9. The molecule has 1 saturated heterocycles. The SMILES string of the molecule is CC(=O)N1CCc2sc(C(=O)N3CCN(c4ccc(Cl)cc4)CC3)cc2C1. The van der Waals surface area contributed by atoms with Gasteiger partial charge in [-0.1, -0.05) is 11.6 Å². The molecule has 0 spiro atoms. The first kappa shape index (κ1) is 18.3. The first-order valence-corrected chi connectivity index (χ1v) is 10.4. The first-order valence-electron chi connectivity index (χ1n) is 9.18. The molecular weight excluding hydrogens is 382 g/mol. The minimum Gasteiger partial charge on any atom is -0.368 e. The maximum Gasteiger partial charge on any atom is 0.264 e. The van der Waals surface area contributed by atoms with Crippen molar-refractivity contribution >= 4 is 40.4 Å². The smallest absolute Gasteiger partial charge is 0.264 e. The number of halogens is 1. The molecule has 1 aromatic heterocycles. The van der Waals surface area contributed by atoms with Gasteiger partial charge in [-0.3, -0.25) is 9.59 Å². The van der Waals surface area contributed by atoms with Crippen LogP contribution in [0.25, 0.3) is 0 Å². The molecule has 142 valence electrons. The molecular formula is C20H22ClN3O2S. The van der Waals surface area contributed by atoms with Gasteiger partial charge in [0.25, 0.3) is 5.91 Å². The molecule has 2 amide bonds. The summed E-state index contributed by atoms with van der Waals surface area (Å²) >= 11 is 7.55. The highest BCUT2D eigenvalue weighted by Crippen LogP contribution is 2.29. The topological polar surface area (TPSA) is 43.9 Å². The van der Waals surface area contributed by atoms with Crippen LogP contribution in [-0.4, -0.2) is 54.3 Å². The summed E-state index contributed by atoms with van der Waals surface area (Å²) in [6, 6.07) is 9.83. The Kier molecular flexibility index (Phi) is 5.10. The van der Waals surface area contributed by atoms with Crippen molar-refractivity contribution in [3.05, 3.63) is 50.7 Å². The Morgan fingerprint density at radius 2 is 1.70 bits per heavy atom. The van der Waals surface area contributed by atoms with Crippen LogP contribution in [-0.2, 0) is 17.8 Å². The number of hydrogen-bond acceptors (Lipinski definition) is 4. The Morgan fingerprint density at radius 1 is 1.00 bits per heavy atom. The van der Waals surface area contributed by atoms with Crippen LogP contribution in [0, 0.1) is 0 Å². The predicted octanol–water partition coefficient (Wildman–Crippen LogP) is 3.27. The van der Waals surface area contributed by atoms with Gasteiger partial charge >= 0.3 is 0 Å². The van der Waals surface area contributed by atoms with Crippen LogP contribution in [0.4, 0.5) is 5.69 Å². The van der Waals surface area contributed by atoms with Crippen molar-refractivity contribution in [1.29, 1.82) is 0 Å². The van der Waals surface area contributed by atoms with Crippen LogP contribution in [0.3, 0.4) is 0 Å². The number of anilines is 1. The molecule has 3 heterocycles. The molecule has 0 N–H and O–H groups in total. The number of nitrogens with zero attached hydrogens (tertiary/aromatic N) is 3. The van der Waals surface area contributed by atoms with Gasteiger partial charge in [-0.05, 0) is 42.3 Å². The molecule has 0 radical (unpaired) electrons. The Morgan fingerprint density at radius 3 is 2.37 bits per heavy atom. The van der Waals surface area contributed by atoms with Crippen molar-refractivity contribution in [3.8, 4) is 0 Å². The normalized spacial score (nSPS) is 17.0. The predicted molar refractivity (Wildman–Crippen MR) is 109 cm³/mol. The fourth-order valence-corrected chi connectivity index (χ4v) is 4.94. The van der Waals surface area contributed by atoms with E-state index >= 15 is 0 Å². The molecule has 2 aliphatic rings. The molecule has 0 unspecified atom stereocenters. The number of benzene rings is 1. The summed E-state index contributed by atoms with van der Waals surface area (Å²) < 4.78 is 0. The van der Waals surface area contributed by atoms with Gasteiger partial charge in [0.1, 0.15) is 0 Å². The molecule has 0 saturated carbocycles. The standard InChI is InChI=1S/C20H22ClN3O2S/c1-14(25)24-7-6-18-15(13-24)12-19(27-18)20(26)23-10-8-22(9-11-23)17-4-2-16(21)3-5-17/h2-5,12H,6-11,13H2,1H3. The number of thiophene rings is 1. The zero-order valence-electron chi connectivity index (χ0n) is 15.3. The van der Waals surface area contributed by atoms with Gasteiger partial charge < -0.3 is 14.7 Å². The second-order valence-electron chi connectivity index (χ2n) is 7.01. The number of fused-ring (bicyclic) bond motifs is 1. The highest BCUT2D eigenvalue weighted by molar-refractivity contribution is 7.14. The summed E-state index contributed by atoms with van der Waals surface area (Å²) in [6.07, 6.45) is 0.844. The third-order valence-corrected chi connectivity index (χ3v) is 6.76. The third kappa shape index (κ3) is 3.82. The first-order chi connectivity index (χ1) is 13.0. The largest absolute Gasteiger partial charge is 0.368 e. The lowest BCUT2D eigenvalue weighted by molar-refractivity contribution is -0.129. The van der Waals surface area contributed by atoms with E-state index in [0.29, 0.717) is 19.6 Å². The lowest BCUT2D eigenvalue weighted by Crippen LogP contribution is -2.48. The Labute approximate surface area is 168 Å². The summed E-state index contributed by atoms with van der Waals surface area (Å²) in [5.41, 5.74) is 2.27. The number of carbonyl (C=O) groups is 2. The van der Waals surface area contributed by atoms with E-state index in [1.807, 2.05) is 40.1 Å². The van der Waals surface area contributed by atoms with Crippen molar-refractivity contribution in [2.45, 2.75) is 19.9 Å². The van der Waals surface area contributed by atoms with Crippen LogP contribution < -0.4 is 4.90 Å². The van der Waals surface area contributed by atoms with Gasteiger partial charge in [0.2, 0.25) is 5.91 Å². The molecule has 0 atom stereocenters. The monoisotopic (exact) mass is 403 g/mol. The van der Waals surface area contributed by atoms with Gasteiger partial charge in [-0.2, -0.15) is 0 Å². The average molecular weight is 404 g/mol. The Bertz CT molecular complexity index is 857. The molecule has 27 heavy (non-hydrogen) atoms. The van der Waals surface area contributed by atoms with Gasteiger partial charge in [-0.25, -0.2) is 0 Å². The van der Waals surface area contributed by atoms with Crippen LogP contribution in [0.5, 0.6) is 0 Å². The summed E-state index contributed by atoms with van der Waals surface area (Å²) in [5.74, 6) is 0.206. The third-order valence-electron chi connectivity index (χ3n) is 5.28. The Balaban J connectivity index is 1.40. The van der Waals surface area contributed by atoms with Crippen molar-refractivity contribution in [2.24, 2.45) is 0 Å². The quantitative estimate of drug-likeness (QED) is 0.773. The van der Waals surface area contributed by atoms with E-state index in [-0.39, 0.29) is 11.8 Å². The summed E-state index contributed by atoms with van der Waals surface area (Å²) in [4.78, 5) is 32.6. The lowest BCUT2D eigenvalue weighted by Gasteiger charge is -2.36. The van der Waals surface area contributed by atoms with E-state index in [1.54, 1.807) is 18.3 Å². The van der Waals surface area contributed by atoms with Crippen LogP contribution in [0.1, 0.15) is 27.0 Å². The average Bonchev–Trinajstić information content (AvgIpc) is 3.11. The van der Waals surface area contributed by atoms with E-state index in [1.165, 1.54) is 4.88 Å². The molecule has 1 fully saturated rings. The molecule has 0 aliphatic carbocycles. The number of amides is 2. The van der Waals surface area contributed by atoms with E-state index in [9.17, 15) is 9.59 Å². The van der Waals surface area contributed by atoms with Gasteiger partial charge in [0.05, 0.1) is 4.88 Å². The van der Waals surface area contributed by atoms with Crippen LogP contribution >= 0.6 is 22.9 Å². The van der Waals surface area contributed by atoms with E-state index in [0.717, 1.165) is 47.2 Å². The lowest BCUT2D eigenvalue weighted by atomic mass is 10.1. The zero-order chi connectivity index (χ0) is 19.0. The molecule has 7 heteroatoms. The summed E-state index contributed by atoms with van der Waals surface area (Å²) in [5, 5.41) is 0.734. The van der Waals surface area contributed by atoms with E-state index in [4.69, 9.17) is 11.6 Å². The summed E-state index contributed by atoms with van der Waals surface area (Å²) in [6.45, 7) is 6.03. The van der Waals surface area contributed by atoms with Crippen molar-refractivity contribution in [2.75, 3.05) is 37.6 Å². The molecule has 2 aliphatic heterocycles. The minimum atomic E-state index is 0.0954. The second kappa shape index (κ2) is 7.52. The number of rotatable bonds is 2. The summed E-state index contributed by atoms with van der Waals surface area (Å²) in [7, 11) is 0. The highest BCUT2D eigenvalue weighted by atomic mass is 35.5. The van der Waals surface area contributed by atoms with Gasteiger partial charge in [-0.15, -0.1) is 11.3 Å². The zero-order valence-corrected chi connectivity index (χ0v) is 16.9.